The third-order valence-electron chi connectivity index (χ3n) is 1.72. The Hall–Kier alpha value is -1.10. The van der Waals surface area contributed by atoms with Gasteiger partial charge in [0.25, 0.3) is 5.78 Å². The van der Waals surface area contributed by atoms with E-state index in [1.165, 1.54) is 6.08 Å². The molecule has 0 aromatic carbocycles. The summed E-state index contributed by atoms with van der Waals surface area (Å²) in [5, 5.41) is 0. The normalized spacial score (nSPS) is 22.8. The van der Waals surface area contributed by atoms with Crippen molar-refractivity contribution in [3.8, 4) is 0 Å². The number of alkyl halides is 3. The van der Waals surface area contributed by atoms with E-state index in [4.69, 9.17) is 5.73 Å². The van der Waals surface area contributed by atoms with Gasteiger partial charge < -0.3 is 5.73 Å². The van der Waals surface area contributed by atoms with Crippen LogP contribution >= 0.6 is 0 Å². The van der Waals surface area contributed by atoms with Crippen molar-refractivity contribution in [3.05, 3.63) is 23.8 Å². The third kappa shape index (κ3) is 2.18. The molecular formula is C8H8F3NO. The summed E-state index contributed by atoms with van der Waals surface area (Å²) < 4.78 is 35.8. The fourth-order valence-electron chi connectivity index (χ4n) is 1.06. The number of nitrogens with two attached hydrogens (primary N) is 1. The predicted octanol–water partition coefficient (Wildman–Crippen LogP) is 1.33. The molecular weight excluding hydrogens is 183 g/mol. The van der Waals surface area contributed by atoms with Gasteiger partial charge in [-0.1, -0.05) is 18.2 Å². The fraction of sp³-hybridized carbons (Fsp3) is 0.375. The van der Waals surface area contributed by atoms with Gasteiger partial charge >= 0.3 is 6.18 Å². The number of hydrogen-bond donors (Lipinski definition) is 1. The molecule has 0 fully saturated rings. The second-order valence-electron chi connectivity index (χ2n) is 2.72. The summed E-state index contributed by atoms with van der Waals surface area (Å²) in [6.45, 7) is 0. The summed E-state index contributed by atoms with van der Waals surface area (Å²) in [4.78, 5) is 10.7. The standard InChI is InChI=1S/C8H8F3NO/c9-8(10,11)7(13)5-3-1-2-4-6(5)12/h1-3,6H,4,12H2. The molecule has 72 valence electrons. The van der Waals surface area contributed by atoms with E-state index >= 15 is 0 Å². The molecule has 0 heterocycles. The lowest BCUT2D eigenvalue weighted by Crippen LogP contribution is -2.35. The molecule has 1 aliphatic carbocycles. The first-order valence-electron chi connectivity index (χ1n) is 3.66. The molecule has 0 aromatic heterocycles. The fourth-order valence-corrected chi connectivity index (χ4v) is 1.06. The molecule has 5 heteroatoms. The van der Waals surface area contributed by atoms with Crippen LogP contribution < -0.4 is 5.73 Å². The van der Waals surface area contributed by atoms with Crippen molar-refractivity contribution in [3.63, 3.8) is 0 Å². The zero-order valence-corrected chi connectivity index (χ0v) is 6.64. The van der Waals surface area contributed by atoms with Crippen molar-refractivity contribution in [1.82, 2.24) is 0 Å². The van der Waals surface area contributed by atoms with Gasteiger partial charge in [0, 0.05) is 11.6 Å². The van der Waals surface area contributed by atoms with Crippen LogP contribution in [-0.4, -0.2) is 18.0 Å². The van der Waals surface area contributed by atoms with Gasteiger partial charge in [-0.15, -0.1) is 0 Å². The van der Waals surface area contributed by atoms with Crippen LogP contribution in [0.25, 0.3) is 0 Å². The van der Waals surface area contributed by atoms with E-state index in [0.717, 1.165) is 6.08 Å². The number of allylic oxidation sites excluding steroid dienone is 2. The van der Waals surface area contributed by atoms with Gasteiger partial charge in [0.1, 0.15) is 0 Å². The highest BCUT2D eigenvalue weighted by Crippen LogP contribution is 2.24. The maximum absolute atomic E-state index is 11.9. The smallest absolute Gasteiger partial charge is 0.324 e. The zero-order chi connectivity index (χ0) is 10.1. The quantitative estimate of drug-likeness (QED) is 0.679. The lowest BCUT2D eigenvalue weighted by atomic mass is 9.96. The lowest BCUT2D eigenvalue weighted by Gasteiger charge is -2.16. The summed E-state index contributed by atoms with van der Waals surface area (Å²) in [6, 6.07) is -0.834. The predicted molar refractivity (Wildman–Crippen MR) is 40.9 cm³/mol. The first-order valence-corrected chi connectivity index (χ1v) is 3.66. The van der Waals surface area contributed by atoms with Crippen molar-refractivity contribution in [2.75, 3.05) is 0 Å². The Bertz CT molecular complexity index is 278. The molecule has 1 unspecified atom stereocenters. The maximum atomic E-state index is 11.9. The highest BCUT2D eigenvalue weighted by molar-refractivity contribution is 6.01. The first kappa shape index (κ1) is 9.98. The van der Waals surface area contributed by atoms with Crippen LogP contribution in [0.2, 0.25) is 0 Å². The van der Waals surface area contributed by atoms with Gasteiger partial charge in [-0.3, -0.25) is 4.79 Å². The summed E-state index contributed by atoms with van der Waals surface area (Å²) in [5.41, 5.74) is 4.97. The number of ketones is 1. The molecule has 1 atom stereocenters. The Kier molecular flexibility index (Phi) is 2.56. The molecule has 0 amide bonds. The summed E-state index contributed by atoms with van der Waals surface area (Å²) in [5.74, 6) is -1.84. The van der Waals surface area contributed by atoms with Crippen LogP contribution in [-0.2, 0) is 4.79 Å². The van der Waals surface area contributed by atoms with E-state index in [2.05, 4.69) is 0 Å². The van der Waals surface area contributed by atoms with Crippen molar-refractivity contribution in [2.24, 2.45) is 5.73 Å². The number of carbonyl (C=O) groups is 1. The van der Waals surface area contributed by atoms with Gasteiger partial charge in [0.15, 0.2) is 0 Å². The molecule has 0 aliphatic heterocycles. The zero-order valence-electron chi connectivity index (χ0n) is 6.64. The molecule has 0 saturated heterocycles. The van der Waals surface area contributed by atoms with Crippen LogP contribution in [0, 0.1) is 0 Å². The van der Waals surface area contributed by atoms with Crippen LogP contribution in [0.15, 0.2) is 23.8 Å². The minimum Gasteiger partial charge on any atom is -0.324 e. The van der Waals surface area contributed by atoms with E-state index < -0.39 is 18.0 Å². The molecule has 2 nitrogen and oxygen atoms in total. The van der Waals surface area contributed by atoms with Crippen molar-refractivity contribution in [1.29, 1.82) is 0 Å². The van der Waals surface area contributed by atoms with Crippen LogP contribution in [0.1, 0.15) is 6.42 Å². The Morgan fingerprint density at radius 3 is 2.62 bits per heavy atom. The molecule has 0 aromatic rings. The molecule has 0 saturated carbocycles. The first-order chi connectivity index (χ1) is 5.93. The molecule has 0 spiro atoms. The second kappa shape index (κ2) is 3.33. The monoisotopic (exact) mass is 191 g/mol. The summed E-state index contributed by atoms with van der Waals surface area (Å²) in [7, 11) is 0. The number of carbonyl (C=O) groups excluding carboxylic acids is 1. The van der Waals surface area contributed by atoms with Gasteiger partial charge in [-0.05, 0) is 6.42 Å². The highest BCUT2D eigenvalue weighted by atomic mass is 19.4. The van der Waals surface area contributed by atoms with Gasteiger partial charge in [0.05, 0.1) is 0 Å². The topological polar surface area (TPSA) is 43.1 Å². The Morgan fingerprint density at radius 1 is 1.54 bits per heavy atom. The Balaban J connectivity index is 2.88. The minimum absolute atomic E-state index is 0.271. The SMILES string of the molecule is NC1CC=CC=C1C(=O)C(F)(F)F. The average molecular weight is 191 g/mol. The highest BCUT2D eigenvalue weighted by Gasteiger charge is 2.41. The second-order valence-corrected chi connectivity index (χ2v) is 2.72. The molecule has 1 aliphatic rings. The van der Waals surface area contributed by atoms with Crippen molar-refractivity contribution >= 4 is 5.78 Å². The van der Waals surface area contributed by atoms with Crippen LogP contribution in [0.4, 0.5) is 13.2 Å². The summed E-state index contributed by atoms with van der Waals surface area (Å²) >= 11 is 0. The largest absolute Gasteiger partial charge is 0.454 e. The van der Waals surface area contributed by atoms with E-state index in [1.807, 2.05) is 0 Å². The van der Waals surface area contributed by atoms with Crippen molar-refractivity contribution in [2.45, 2.75) is 18.6 Å². The van der Waals surface area contributed by atoms with Crippen LogP contribution in [0.5, 0.6) is 0 Å². The Labute approximate surface area is 72.9 Å². The Morgan fingerprint density at radius 2 is 2.15 bits per heavy atom. The lowest BCUT2D eigenvalue weighted by molar-refractivity contribution is -0.166. The summed E-state index contributed by atoms with van der Waals surface area (Å²) in [6.07, 6.45) is -0.410. The number of rotatable bonds is 1. The van der Waals surface area contributed by atoms with Gasteiger partial charge in [0.2, 0.25) is 0 Å². The maximum Gasteiger partial charge on any atom is 0.454 e. The number of halogens is 3. The minimum atomic E-state index is -4.82. The average Bonchev–Trinajstić information content (AvgIpc) is 2.02. The van der Waals surface area contributed by atoms with E-state index in [1.54, 1.807) is 6.08 Å². The molecule has 0 radical (unpaired) electrons. The van der Waals surface area contributed by atoms with Crippen molar-refractivity contribution < 1.29 is 18.0 Å². The third-order valence-corrected chi connectivity index (χ3v) is 1.72. The molecule has 1 rings (SSSR count). The van der Waals surface area contributed by atoms with E-state index in [9.17, 15) is 18.0 Å². The van der Waals surface area contributed by atoms with Gasteiger partial charge in [-0.25, -0.2) is 0 Å². The van der Waals surface area contributed by atoms with Crippen LogP contribution in [0.3, 0.4) is 0 Å². The number of Topliss-reactive ketones (excluding diaryl/α,β-unsaturated/α-hetero) is 1. The van der Waals surface area contributed by atoms with E-state index in [0.29, 0.717) is 0 Å². The number of hydrogen-bond acceptors (Lipinski definition) is 2. The van der Waals surface area contributed by atoms with E-state index in [-0.39, 0.29) is 12.0 Å². The van der Waals surface area contributed by atoms with Gasteiger partial charge in [-0.2, -0.15) is 13.2 Å². The molecule has 0 bridgehead atoms. The molecule has 13 heavy (non-hydrogen) atoms. The molecule has 2 N–H and O–H groups in total.